The van der Waals surface area contributed by atoms with E-state index in [4.69, 9.17) is 11.6 Å². The van der Waals surface area contributed by atoms with E-state index in [0.717, 1.165) is 3.97 Å². The summed E-state index contributed by atoms with van der Waals surface area (Å²) in [6, 6.07) is 5.00. The molecule has 0 saturated carbocycles. The number of hydrogen-bond acceptors (Lipinski definition) is 3. The van der Waals surface area contributed by atoms with E-state index < -0.39 is 10.0 Å². The standard InChI is InChI=1S/C11H11ClN2O2S/c1-8-4-3-5-10(12)11(8)17(15,16)14-7-6-13-9(14)2/h3-7H,1-2H3. The van der Waals surface area contributed by atoms with Crippen molar-refractivity contribution in [1.82, 2.24) is 8.96 Å². The van der Waals surface area contributed by atoms with E-state index >= 15 is 0 Å². The molecule has 0 radical (unpaired) electrons. The van der Waals surface area contributed by atoms with E-state index in [1.165, 1.54) is 12.4 Å². The van der Waals surface area contributed by atoms with Gasteiger partial charge in [0.2, 0.25) is 0 Å². The van der Waals surface area contributed by atoms with Crippen molar-refractivity contribution in [3.8, 4) is 0 Å². The lowest BCUT2D eigenvalue weighted by Gasteiger charge is -2.11. The van der Waals surface area contributed by atoms with Gasteiger partial charge in [-0.3, -0.25) is 0 Å². The van der Waals surface area contributed by atoms with Gasteiger partial charge >= 0.3 is 0 Å². The van der Waals surface area contributed by atoms with E-state index in [2.05, 4.69) is 4.98 Å². The molecule has 0 aliphatic rings. The molecule has 0 unspecified atom stereocenters. The maximum Gasteiger partial charge on any atom is 0.270 e. The molecule has 4 nitrogen and oxygen atoms in total. The molecule has 1 heterocycles. The zero-order valence-corrected chi connectivity index (χ0v) is 11.0. The molecule has 2 rings (SSSR count). The molecule has 0 spiro atoms. The molecule has 90 valence electrons. The number of aryl methyl sites for hydroxylation is 2. The van der Waals surface area contributed by atoms with Crippen LogP contribution in [0.4, 0.5) is 0 Å². The number of imidazole rings is 1. The van der Waals surface area contributed by atoms with Crippen LogP contribution in [0.1, 0.15) is 11.4 Å². The van der Waals surface area contributed by atoms with Gasteiger partial charge in [-0.1, -0.05) is 23.7 Å². The zero-order chi connectivity index (χ0) is 12.6. The van der Waals surface area contributed by atoms with Crippen LogP contribution in [0.3, 0.4) is 0 Å². The molecular weight excluding hydrogens is 260 g/mol. The van der Waals surface area contributed by atoms with Crippen LogP contribution in [0.5, 0.6) is 0 Å². The molecule has 17 heavy (non-hydrogen) atoms. The second kappa shape index (κ2) is 4.16. The molecule has 0 amide bonds. The van der Waals surface area contributed by atoms with E-state index in [1.54, 1.807) is 32.0 Å². The summed E-state index contributed by atoms with van der Waals surface area (Å²) in [5.41, 5.74) is 0.616. The normalized spacial score (nSPS) is 11.7. The molecule has 0 aliphatic carbocycles. The summed E-state index contributed by atoms with van der Waals surface area (Å²) in [7, 11) is -3.67. The van der Waals surface area contributed by atoms with Gasteiger partial charge < -0.3 is 0 Å². The highest BCUT2D eigenvalue weighted by Crippen LogP contribution is 2.27. The topological polar surface area (TPSA) is 52.0 Å². The van der Waals surface area contributed by atoms with Gasteiger partial charge in [0.15, 0.2) is 0 Å². The Morgan fingerprint density at radius 2 is 2.00 bits per heavy atom. The van der Waals surface area contributed by atoms with Crippen molar-refractivity contribution < 1.29 is 8.42 Å². The minimum absolute atomic E-state index is 0.128. The van der Waals surface area contributed by atoms with Crippen molar-refractivity contribution in [2.45, 2.75) is 18.7 Å². The molecule has 0 saturated heterocycles. The largest absolute Gasteiger partial charge is 0.270 e. The van der Waals surface area contributed by atoms with Gasteiger partial charge in [-0.05, 0) is 25.5 Å². The van der Waals surface area contributed by atoms with Crippen LogP contribution in [0.25, 0.3) is 0 Å². The van der Waals surface area contributed by atoms with Crippen LogP contribution in [-0.2, 0) is 10.0 Å². The van der Waals surface area contributed by atoms with Crippen LogP contribution in [0, 0.1) is 13.8 Å². The maximum absolute atomic E-state index is 12.4. The third-order valence-electron chi connectivity index (χ3n) is 2.46. The van der Waals surface area contributed by atoms with Gasteiger partial charge in [0, 0.05) is 12.4 Å². The first-order chi connectivity index (χ1) is 7.94. The summed E-state index contributed by atoms with van der Waals surface area (Å²) in [5, 5.41) is 0.220. The Balaban J connectivity index is 2.73. The quantitative estimate of drug-likeness (QED) is 0.842. The summed E-state index contributed by atoms with van der Waals surface area (Å²) in [6.07, 6.45) is 2.85. The Kier molecular flexibility index (Phi) is 2.97. The van der Waals surface area contributed by atoms with Gasteiger partial charge in [-0.25, -0.2) is 17.4 Å². The smallest absolute Gasteiger partial charge is 0.241 e. The van der Waals surface area contributed by atoms with Crippen molar-refractivity contribution in [2.75, 3.05) is 0 Å². The van der Waals surface area contributed by atoms with Gasteiger partial charge in [0.25, 0.3) is 10.0 Å². The molecule has 6 heteroatoms. The first kappa shape index (κ1) is 12.1. The van der Waals surface area contributed by atoms with Crippen LogP contribution in [0.2, 0.25) is 5.02 Å². The summed E-state index contributed by atoms with van der Waals surface area (Å²) in [6.45, 7) is 3.34. The molecule has 0 bridgehead atoms. The minimum atomic E-state index is -3.67. The number of nitrogens with zero attached hydrogens (tertiary/aromatic N) is 2. The number of rotatable bonds is 2. The average Bonchev–Trinajstić information content (AvgIpc) is 2.64. The molecule has 0 N–H and O–H groups in total. The predicted octanol–water partition coefficient (Wildman–Crippen LogP) is 2.39. The second-order valence-corrected chi connectivity index (χ2v) is 5.82. The minimum Gasteiger partial charge on any atom is -0.241 e. The van der Waals surface area contributed by atoms with E-state index in [0.29, 0.717) is 11.4 Å². The Hall–Kier alpha value is -1.33. The Morgan fingerprint density at radius 3 is 2.53 bits per heavy atom. The lowest BCUT2D eigenvalue weighted by atomic mass is 10.2. The third-order valence-corrected chi connectivity index (χ3v) is 4.85. The second-order valence-electron chi connectivity index (χ2n) is 3.66. The van der Waals surface area contributed by atoms with Crippen molar-refractivity contribution >= 4 is 21.6 Å². The molecule has 0 fully saturated rings. The monoisotopic (exact) mass is 270 g/mol. The van der Waals surface area contributed by atoms with Crippen LogP contribution >= 0.6 is 11.6 Å². The SMILES string of the molecule is Cc1cccc(Cl)c1S(=O)(=O)n1ccnc1C. The molecule has 0 aliphatic heterocycles. The molecule has 1 aromatic heterocycles. The molecular formula is C11H11ClN2O2S. The highest BCUT2D eigenvalue weighted by atomic mass is 35.5. The van der Waals surface area contributed by atoms with Crippen molar-refractivity contribution in [1.29, 1.82) is 0 Å². The van der Waals surface area contributed by atoms with E-state index in [1.807, 2.05) is 0 Å². The molecule has 1 aromatic carbocycles. The van der Waals surface area contributed by atoms with Crippen molar-refractivity contribution in [3.63, 3.8) is 0 Å². The fourth-order valence-corrected chi connectivity index (χ4v) is 3.77. The van der Waals surface area contributed by atoms with Crippen LogP contribution in [-0.4, -0.2) is 17.4 Å². The zero-order valence-electron chi connectivity index (χ0n) is 9.38. The lowest BCUT2D eigenvalue weighted by Crippen LogP contribution is -2.15. The highest BCUT2D eigenvalue weighted by molar-refractivity contribution is 7.90. The molecule has 2 aromatic rings. The number of halogens is 1. The summed E-state index contributed by atoms with van der Waals surface area (Å²) >= 11 is 5.97. The Morgan fingerprint density at radius 1 is 1.29 bits per heavy atom. The van der Waals surface area contributed by atoms with Crippen molar-refractivity contribution in [2.24, 2.45) is 0 Å². The highest BCUT2D eigenvalue weighted by Gasteiger charge is 2.23. The lowest BCUT2D eigenvalue weighted by molar-refractivity contribution is 0.585. The predicted molar refractivity (Wildman–Crippen MR) is 65.7 cm³/mol. The summed E-state index contributed by atoms with van der Waals surface area (Å²) < 4.78 is 25.9. The fraction of sp³-hybridized carbons (Fsp3) is 0.182. The number of aromatic nitrogens is 2. The van der Waals surface area contributed by atoms with Gasteiger partial charge in [0.1, 0.15) is 10.7 Å². The third kappa shape index (κ3) is 1.96. The van der Waals surface area contributed by atoms with Crippen LogP contribution < -0.4 is 0 Å². The maximum atomic E-state index is 12.4. The van der Waals surface area contributed by atoms with E-state index in [9.17, 15) is 8.42 Å². The van der Waals surface area contributed by atoms with E-state index in [-0.39, 0.29) is 9.92 Å². The average molecular weight is 271 g/mol. The molecule has 0 atom stereocenters. The van der Waals surface area contributed by atoms with Crippen LogP contribution in [0.15, 0.2) is 35.5 Å². The first-order valence-electron chi connectivity index (χ1n) is 4.95. The van der Waals surface area contributed by atoms with Gasteiger partial charge in [-0.2, -0.15) is 0 Å². The summed E-state index contributed by atoms with van der Waals surface area (Å²) in [5.74, 6) is 0.407. The Bertz CT molecular complexity index is 642. The first-order valence-corrected chi connectivity index (χ1v) is 6.77. The summed E-state index contributed by atoms with van der Waals surface area (Å²) in [4.78, 5) is 4.04. The fourth-order valence-electron chi connectivity index (χ4n) is 1.66. The van der Waals surface area contributed by atoms with Gasteiger partial charge in [0.05, 0.1) is 5.02 Å². The Labute approximate surface area is 105 Å². The van der Waals surface area contributed by atoms with Gasteiger partial charge in [-0.15, -0.1) is 0 Å². The number of hydrogen-bond donors (Lipinski definition) is 0. The van der Waals surface area contributed by atoms with Crippen molar-refractivity contribution in [3.05, 3.63) is 47.0 Å². The number of benzene rings is 1.